The number of aromatic nitrogens is 1. The van der Waals surface area contributed by atoms with Crippen molar-refractivity contribution in [3.05, 3.63) is 47.3 Å². The highest BCUT2D eigenvalue weighted by Gasteiger charge is 2.12. The molecule has 0 saturated carbocycles. The summed E-state index contributed by atoms with van der Waals surface area (Å²) in [5, 5.41) is 6.40. The van der Waals surface area contributed by atoms with Gasteiger partial charge in [0.25, 0.3) is 5.91 Å². The fraction of sp³-hybridized carbons (Fsp3) is 0.143. The van der Waals surface area contributed by atoms with Gasteiger partial charge in [0.2, 0.25) is 0 Å². The van der Waals surface area contributed by atoms with Crippen molar-refractivity contribution in [2.45, 2.75) is 6.92 Å². The summed E-state index contributed by atoms with van der Waals surface area (Å²) in [5.41, 5.74) is 6.90. The Morgan fingerprint density at radius 2 is 2.26 bits per heavy atom. The summed E-state index contributed by atoms with van der Waals surface area (Å²) >= 11 is 0. The number of anilines is 1. The zero-order chi connectivity index (χ0) is 13.7. The Kier molecular flexibility index (Phi) is 3.96. The zero-order valence-corrected chi connectivity index (χ0v) is 10.4. The molecule has 0 atom stereocenters. The summed E-state index contributed by atoms with van der Waals surface area (Å²) in [4.78, 5) is 11.9. The van der Waals surface area contributed by atoms with Crippen LogP contribution in [0.15, 0.2) is 34.9 Å². The molecule has 1 heterocycles. The van der Waals surface area contributed by atoms with Crippen LogP contribution < -0.4 is 11.1 Å². The van der Waals surface area contributed by atoms with Crippen LogP contribution in [-0.2, 0) is 0 Å². The summed E-state index contributed by atoms with van der Waals surface area (Å²) in [6.45, 7) is 2.00. The van der Waals surface area contributed by atoms with E-state index in [0.29, 0.717) is 17.0 Å². The topological polar surface area (TPSA) is 81.2 Å². The molecule has 96 valence electrons. The number of hydrogen-bond donors (Lipinski definition) is 2. The number of hydrogen-bond acceptors (Lipinski definition) is 4. The van der Waals surface area contributed by atoms with E-state index in [1.54, 1.807) is 19.1 Å². The Hall–Kier alpha value is -2.58. The van der Waals surface area contributed by atoms with Crippen molar-refractivity contribution in [1.82, 2.24) is 5.16 Å². The number of para-hydroxylation sites is 1. The lowest BCUT2D eigenvalue weighted by Crippen LogP contribution is -2.13. The molecule has 5 nitrogen and oxygen atoms in total. The summed E-state index contributed by atoms with van der Waals surface area (Å²) in [6, 6.07) is 8.81. The number of amides is 1. The Labute approximate surface area is 110 Å². The normalized spacial score (nSPS) is 9.58. The van der Waals surface area contributed by atoms with Crippen LogP contribution in [0.2, 0.25) is 0 Å². The van der Waals surface area contributed by atoms with Crippen LogP contribution in [0.4, 0.5) is 5.69 Å². The third-order valence-corrected chi connectivity index (χ3v) is 2.36. The second-order valence-corrected chi connectivity index (χ2v) is 3.83. The SMILES string of the molecule is Cc1cc(C(=O)Nc2ccccc2C#CCN)no1. The average Bonchev–Trinajstić information content (AvgIpc) is 2.84. The van der Waals surface area contributed by atoms with E-state index in [2.05, 4.69) is 22.3 Å². The van der Waals surface area contributed by atoms with Crippen LogP contribution in [-0.4, -0.2) is 17.6 Å². The maximum Gasteiger partial charge on any atom is 0.277 e. The number of aryl methyl sites for hydroxylation is 1. The van der Waals surface area contributed by atoms with E-state index in [4.69, 9.17) is 10.3 Å². The lowest BCUT2D eigenvalue weighted by atomic mass is 10.1. The van der Waals surface area contributed by atoms with Crippen molar-refractivity contribution < 1.29 is 9.32 Å². The quantitative estimate of drug-likeness (QED) is 0.798. The predicted octanol–water partition coefficient (Wildman–Crippen LogP) is 1.55. The van der Waals surface area contributed by atoms with Crippen molar-refractivity contribution >= 4 is 11.6 Å². The first-order chi connectivity index (χ1) is 9.20. The van der Waals surface area contributed by atoms with Crippen LogP contribution in [0.25, 0.3) is 0 Å². The Bertz CT molecular complexity index is 650. The van der Waals surface area contributed by atoms with E-state index in [1.807, 2.05) is 18.2 Å². The van der Waals surface area contributed by atoms with E-state index in [-0.39, 0.29) is 18.1 Å². The summed E-state index contributed by atoms with van der Waals surface area (Å²) in [5.74, 6) is 5.91. The molecule has 2 rings (SSSR count). The fourth-order valence-electron chi connectivity index (χ4n) is 1.51. The van der Waals surface area contributed by atoms with Gasteiger partial charge in [0.05, 0.1) is 12.2 Å². The van der Waals surface area contributed by atoms with Gasteiger partial charge in [0.15, 0.2) is 5.69 Å². The molecule has 0 saturated heterocycles. The number of nitrogens with one attached hydrogen (secondary N) is 1. The van der Waals surface area contributed by atoms with Gasteiger partial charge in [-0.05, 0) is 19.1 Å². The number of carbonyl (C=O) groups is 1. The van der Waals surface area contributed by atoms with Crippen LogP contribution >= 0.6 is 0 Å². The molecule has 0 aliphatic rings. The molecular weight excluding hydrogens is 242 g/mol. The number of nitrogens with zero attached hydrogens (tertiary/aromatic N) is 1. The standard InChI is InChI=1S/C14H13N3O2/c1-10-9-13(17-19-10)14(18)16-12-7-3-2-5-11(12)6-4-8-15/h2-3,5,7,9H,8,15H2,1H3,(H,16,18). The van der Waals surface area contributed by atoms with Crippen molar-refractivity contribution in [2.24, 2.45) is 5.73 Å². The Morgan fingerprint density at radius 1 is 1.47 bits per heavy atom. The molecule has 2 aromatic rings. The lowest BCUT2D eigenvalue weighted by molar-refractivity contribution is 0.101. The van der Waals surface area contributed by atoms with Gasteiger partial charge < -0.3 is 15.6 Å². The highest BCUT2D eigenvalue weighted by atomic mass is 16.5. The van der Waals surface area contributed by atoms with Gasteiger partial charge >= 0.3 is 0 Å². The third-order valence-electron chi connectivity index (χ3n) is 2.36. The number of carbonyl (C=O) groups excluding carboxylic acids is 1. The molecule has 5 heteroatoms. The zero-order valence-electron chi connectivity index (χ0n) is 10.4. The number of nitrogens with two attached hydrogens (primary N) is 1. The van der Waals surface area contributed by atoms with Gasteiger partial charge in [-0.15, -0.1) is 0 Å². The molecule has 0 aliphatic carbocycles. The highest BCUT2D eigenvalue weighted by molar-refractivity contribution is 6.03. The van der Waals surface area contributed by atoms with E-state index < -0.39 is 0 Å². The second-order valence-electron chi connectivity index (χ2n) is 3.83. The van der Waals surface area contributed by atoms with E-state index >= 15 is 0 Å². The molecule has 1 aromatic carbocycles. The molecular formula is C14H13N3O2. The number of benzene rings is 1. The fourth-order valence-corrected chi connectivity index (χ4v) is 1.51. The molecule has 0 bridgehead atoms. The molecule has 3 N–H and O–H groups in total. The molecule has 0 unspecified atom stereocenters. The van der Waals surface area contributed by atoms with Crippen molar-refractivity contribution in [3.8, 4) is 11.8 Å². The Morgan fingerprint density at radius 3 is 2.95 bits per heavy atom. The molecule has 0 radical (unpaired) electrons. The molecule has 1 amide bonds. The van der Waals surface area contributed by atoms with Gasteiger partial charge in [0.1, 0.15) is 5.76 Å². The molecule has 0 spiro atoms. The van der Waals surface area contributed by atoms with Crippen LogP contribution in [0.5, 0.6) is 0 Å². The monoisotopic (exact) mass is 255 g/mol. The van der Waals surface area contributed by atoms with E-state index in [9.17, 15) is 4.79 Å². The first kappa shape index (κ1) is 12.9. The first-order valence-electron chi connectivity index (χ1n) is 5.73. The smallest absolute Gasteiger partial charge is 0.277 e. The molecule has 0 fully saturated rings. The van der Waals surface area contributed by atoms with Crippen molar-refractivity contribution in [3.63, 3.8) is 0 Å². The van der Waals surface area contributed by atoms with Gasteiger partial charge in [-0.2, -0.15) is 0 Å². The summed E-state index contributed by atoms with van der Waals surface area (Å²) in [6.07, 6.45) is 0. The minimum Gasteiger partial charge on any atom is -0.361 e. The minimum absolute atomic E-state index is 0.235. The predicted molar refractivity (Wildman–Crippen MR) is 71.6 cm³/mol. The maximum absolute atomic E-state index is 11.9. The van der Waals surface area contributed by atoms with Gasteiger partial charge in [-0.25, -0.2) is 0 Å². The molecule has 0 aliphatic heterocycles. The summed E-state index contributed by atoms with van der Waals surface area (Å²) in [7, 11) is 0. The van der Waals surface area contributed by atoms with E-state index in [0.717, 1.165) is 0 Å². The van der Waals surface area contributed by atoms with Crippen molar-refractivity contribution in [1.29, 1.82) is 0 Å². The Balaban J connectivity index is 2.21. The third kappa shape index (κ3) is 3.21. The largest absolute Gasteiger partial charge is 0.361 e. The highest BCUT2D eigenvalue weighted by Crippen LogP contribution is 2.15. The second kappa shape index (κ2) is 5.85. The molecule has 19 heavy (non-hydrogen) atoms. The molecule has 1 aromatic heterocycles. The lowest BCUT2D eigenvalue weighted by Gasteiger charge is -2.05. The van der Waals surface area contributed by atoms with Crippen LogP contribution in [0.3, 0.4) is 0 Å². The van der Waals surface area contributed by atoms with E-state index in [1.165, 1.54) is 0 Å². The van der Waals surface area contributed by atoms with Crippen molar-refractivity contribution in [2.75, 3.05) is 11.9 Å². The maximum atomic E-state index is 11.9. The number of rotatable bonds is 2. The average molecular weight is 255 g/mol. The van der Waals surface area contributed by atoms with Crippen LogP contribution in [0, 0.1) is 18.8 Å². The summed E-state index contributed by atoms with van der Waals surface area (Å²) < 4.78 is 4.86. The van der Waals surface area contributed by atoms with Gasteiger partial charge in [-0.3, -0.25) is 4.79 Å². The van der Waals surface area contributed by atoms with Gasteiger partial charge in [0, 0.05) is 11.6 Å². The minimum atomic E-state index is -0.334. The first-order valence-corrected chi connectivity index (χ1v) is 5.73. The van der Waals surface area contributed by atoms with Crippen LogP contribution in [0.1, 0.15) is 21.8 Å². The van der Waals surface area contributed by atoms with Gasteiger partial charge in [-0.1, -0.05) is 29.1 Å².